The topological polar surface area (TPSA) is 75.7 Å². The fourth-order valence-corrected chi connectivity index (χ4v) is 3.84. The Bertz CT molecular complexity index is 811. The van der Waals surface area contributed by atoms with Crippen molar-refractivity contribution in [2.45, 2.75) is 11.3 Å². The van der Waals surface area contributed by atoms with E-state index in [1.807, 2.05) is 0 Å². The average molecular weight is 397 g/mol. The molecule has 0 aliphatic carbocycles. The molecule has 0 heterocycles. The number of hydrogen-bond donors (Lipinski definition) is 1. The molecule has 1 N–H and O–H groups in total. The van der Waals surface area contributed by atoms with Crippen LogP contribution in [0.25, 0.3) is 0 Å². The van der Waals surface area contributed by atoms with E-state index in [2.05, 4.69) is 5.32 Å². The third-order valence-corrected chi connectivity index (χ3v) is 5.62. The van der Waals surface area contributed by atoms with Crippen molar-refractivity contribution in [3.63, 3.8) is 0 Å². The first-order chi connectivity index (χ1) is 12.4. The molecule has 0 aliphatic heterocycles. The van der Waals surface area contributed by atoms with Crippen molar-refractivity contribution in [3.05, 3.63) is 59.6 Å². The second kappa shape index (κ2) is 9.56. The second-order valence-corrected chi connectivity index (χ2v) is 7.80. The standard InChI is InChI=1S/C18H21ClN2O4S/c1-25-13-5-12-20-18(22)14-21(16-10-8-15(19)9-11-16)26(23,24)17-6-3-2-4-7-17/h2-4,6-11H,5,12-14H2,1H3,(H,20,22). The lowest BCUT2D eigenvalue weighted by Gasteiger charge is -2.24. The van der Waals surface area contributed by atoms with E-state index in [9.17, 15) is 13.2 Å². The summed E-state index contributed by atoms with van der Waals surface area (Å²) in [6, 6.07) is 14.3. The van der Waals surface area contributed by atoms with E-state index in [4.69, 9.17) is 16.3 Å². The van der Waals surface area contributed by atoms with Crippen molar-refractivity contribution in [1.82, 2.24) is 5.32 Å². The first-order valence-corrected chi connectivity index (χ1v) is 9.86. The number of benzene rings is 2. The van der Waals surface area contributed by atoms with Crippen molar-refractivity contribution in [1.29, 1.82) is 0 Å². The third-order valence-electron chi connectivity index (χ3n) is 3.58. The number of methoxy groups -OCH3 is 1. The predicted molar refractivity (Wildman–Crippen MR) is 102 cm³/mol. The number of carbonyl (C=O) groups is 1. The van der Waals surface area contributed by atoms with Crippen LogP contribution in [-0.2, 0) is 19.6 Å². The van der Waals surface area contributed by atoms with Crippen molar-refractivity contribution in [3.8, 4) is 0 Å². The summed E-state index contributed by atoms with van der Waals surface area (Å²) in [5.41, 5.74) is 0.366. The van der Waals surface area contributed by atoms with Crippen LogP contribution >= 0.6 is 11.6 Å². The number of nitrogens with zero attached hydrogens (tertiary/aromatic N) is 1. The van der Waals surface area contributed by atoms with Crippen LogP contribution in [0.4, 0.5) is 5.69 Å². The highest BCUT2D eigenvalue weighted by atomic mass is 35.5. The Morgan fingerprint density at radius 1 is 1.12 bits per heavy atom. The van der Waals surface area contributed by atoms with Crippen LogP contribution in [0.1, 0.15) is 6.42 Å². The van der Waals surface area contributed by atoms with Crippen LogP contribution in [-0.4, -0.2) is 41.1 Å². The van der Waals surface area contributed by atoms with Crippen LogP contribution in [0.2, 0.25) is 5.02 Å². The molecule has 6 nitrogen and oxygen atoms in total. The third kappa shape index (κ3) is 5.45. The molecule has 2 aromatic rings. The van der Waals surface area contributed by atoms with Gasteiger partial charge >= 0.3 is 0 Å². The first kappa shape index (κ1) is 20.2. The molecule has 140 valence electrons. The number of anilines is 1. The quantitative estimate of drug-likeness (QED) is 0.661. The molecule has 26 heavy (non-hydrogen) atoms. The van der Waals surface area contributed by atoms with E-state index in [0.717, 1.165) is 4.31 Å². The van der Waals surface area contributed by atoms with Crippen molar-refractivity contribution < 1.29 is 17.9 Å². The molecule has 2 rings (SSSR count). The first-order valence-electron chi connectivity index (χ1n) is 8.04. The largest absolute Gasteiger partial charge is 0.385 e. The summed E-state index contributed by atoms with van der Waals surface area (Å²) in [7, 11) is -2.31. The Labute approximate surface area is 158 Å². The van der Waals surface area contributed by atoms with Crippen LogP contribution < -0.4 is 9.62 Å². The molecule has 2 aromatic carbocycles. The van der Waals surface area contributed by atoms with Gasteiger partial charge in [-0.15, -0.1) is 0 Å². The molecule has 0 saturated carbocycles. The minimum atomic E-state index is -3.89. The SMILES string of the molecule is COCCCNC(=O)CN(c1ccc(Cl)cc1)S(=O)(=O)c1ccccc1. The zero-order valence-corrected chi connectivity index (χ0v) is 16.0. The summed E-state index contributed by atoms with van der Waals surface area (Å²) < 4.78 is 32.0. The van der Waals surface area contributed by atoms with Crippen LogP contribution in [0.5, 0.6) is 0 Å². The van der Waals surface area contributed by atoms with E-state index < -0.39 is 15.9 Å². The molecule has 0 aliphatic rings. The average Bonchev–Trinajstić information content (AvgIpc) is 2.65. The van der Waals surface area contributed by atoms with Crippen LogP contribution in [0.15, 0.2) is 59.5 Å². The Kier molecular flexibility index (Phi) is 7.44. The van der Waals surface area contributed by atoms with Gasteiger partial charge in [-0.2, -0.15) is 0 Å². The Balaban J connectivity index is 2.25. The van der Waals surface area contributed by atoms with Crippen LogP contribution in [0.3, 0.4) is 0 Å². The summed E-state index contributed by atoms with van der Waals surface area (Å²) >= 11 is 5.89. The minimum Gasteiger partial charge on any atom is -0.385 e. The molecule has 0 aromatic heterocycles. The fraction of sp³-hybridized carbons (Fsp3) is 0.278. The summed E-state index contributed by atoms with van der Waals surface area (Å²) in [4.78, 5) is 12.4. The lowest BCUT2D eigenvalue weighted by molar-refractivity contribution is -0.119. The summed E-state index contributed by atoms with van der Waals surface area (Å²) in [6.07, 6.45) is 0.647. The van der Waals surface area contributed by atoms with E-state index in [-0.39, 0.29) is 11.4 Å². The number of nitrogens with one attached hydrogen (secondary N) is 1. The van der Waals surface area contributed by atoms with Gasteiger partial charge < -0.3 is 10.1 Å². The van der Waals surface area contributed by atoms with E-state index in [0.29, 0.717) is 30.3 Å². The second-order valence-electron chi connectivity index (χ2n) is 5.50. The number of halogens is 1. The number of sulfonamides is 1. The molecule has 0 atom stereocenters. The van der Waals surface area contributed by atoms with Crippen molar-refractivity contribution in [2.24, 2.45) is 0 Å². The monoisotopic (exact) mass is 396 g/mol. The zero-order valence-electron chi connectivity index (χ0n) is 14.4. The Hall–Kier alpha value is -2.09. The van der Waals surface area contributed by atoms with Gasteiger partial charge in [0.1, 0.15) is 6.54 Å². The molecule has 0 bridgehead atoms. The smallest absolute Gasteiger partial charge is 0.264 e. The van der Waals surface area contributed by atoms with Gasteiger partial charge in [0, 0.05) is 25.3 Å². The lowest BCUT2D eigenvalue weighted by Crippen LogP contribution is -2.41. The van der Waals surface area contributed by atoms with Gasteiger partial charge in [-0.1, -0.05) is 29.8 Å². The van der Waals surface area contributed by atoms with E-state index in [1.165, 1.54) is 12.1 Å². The highest BCUT2D eigenvalue weighted by Gasteiger charge is 2.26. The lowest BCUT2D eigenvalue weighted by atomic mass is 10.3. The number of ether oxygens (including phenoxy) is 1. The number of carbonyl (C=O) groups excluding carboxylic acids is 1. The van der Waals surface area contributed by atoms with Gasteiger partial charge in [-0.3, -0.25) is 9.10 Å². The fourth-order valence-electron chi connectivity index (χ4n) is 2.27. The van der Waals surface area contributed by atoms with Crippen molar-refractivity contribution >= 4 is 33.2 Å². The molecule has 0 radical (unpaired) electrons. The minimum absolute atomic E-state index is 0.113. The predicted octanol–water partition coefficient (Wildman–Crippen LogP) is 2.69. The van der Waals surface area contributed by atoms with Gasteiger partial charge in [0.05, 0.1) is 10.6 Å². The molecular formula is C18H21ClN2O4S. The summed E-state index contributed by atoms with van der Waals surface area (Å²) in [5, 5.41) is 3.18. The van der Waals surface area contributed by atoms with Gasteiger partial charge in [-0.05, 0) is 42.8 Å². The van der Waals surface area contributed by atoms with Gasteiger partial charge in [0.25, 0.3) is 10.0 Å². The normalized spacial score (nSPS) is 11.2. The highest BCUT2D eigenvalue weighted by Crippen LogP contribution is 2.24. The van der Waals surface area contributed by atoms with Gasteiger partial charge in [-0.25, -0.2) is 8.42 Å². The number of rotatable bonds is 9. The molecular weight excluding hydrogens is 376 g/mol. The summed E-state index contributed by atoms with van der Waals surface area (Å²) in [6.45, 7) is 0.599. The Morgan fingerprint density at radius 3 is 2.38 bits per heavy atom. The van der Waals surface area contributed by atoms with E-state index in [1.54, 1.807) is 49.6 Å². The Morgan fingerprint density at radius 2 is 1.77 bits per heavy atom. The van der Waals surface area contributed by atoms with Gasteiger partial charge in [0.2, 0.25) is 5.91 Å². The highest BCUT2D eigenvalue weighted by molar-refractivity contribution is 7.92. The zero-order chi connectivity index (χ0) is 19.0. The molecule has 0 fully saturated rings. The molecule has 1 amide bonds. The molecule has 0 spiro atoms. The maximum absolute atomic E-state index is 13.0. The van der Waals surface area contributed by atoms with Crippen LogP contribution in [0, 0.1) is 0 Å². The maximum atomic E-state index is 13.0. The van der Waals surface area contributed by atoms with Crippen molar-refractivity contribution in [2.75, 3.05) is 31.1 Å². The number of hydrogen-bond acceptors (Lipinski definition) is 4. The molecule has 8 heteroatoms. The molecule has 0 unspecified atom stereocenters. The molecule has 0 saturated heterocycles. The maximum Gasteiger partial charge on any atom is 0.264 e. The van der Waals surface area contributed by atoms with Gasteiger partial charge in [0.15, 0.2) is 0 Å². The summed E-state index contributed by atoms with van der Waals surface area (Å²) in [5.74, 6) is -0.393. The van der Waals surface area contributed by atoms with E-state index >= 15 is 0 Å². The number of amides is 1.